The normalized spacial score (nSPS) is 22.7. The van der Waals surface area contributed by atoms with Gasteiger partial charge in [0.2, 0.25) is 5.91 Å². The topological polar surface area (TPSA) is 84.9 Å². The summed E-state index contributed by atoms with van der Waals surface area (Å²) in [4.78, 5) is 39.4. The molecule has 4 rings (SSSR count). The summed E-state index contributed by atoms with van der Waals surface area (Å²) in [7, 11) is 1.35. The van der Waals surface area contributed by atoms with E-state index >= 15 is 0 Å². The lowest BCUT2D eigenvalue weighted by Crippen LogP contribution is -2.42. The maximum Gasteiger partial charge on any atom is 0.407 e. The van der Waals surface area contributed by atoms with Crippen LogP contribution in [0.3, 0.4) is 0 Å². The Morgan fingerprint density at radius 3 is 2.44 bits per heavy atom. The predicted octanol–water partition coefficient (Wildman–Crippen LogP) is 3.45. The minimum absolute atomic E-state index is 0.0386. The lowest BCUT2D eigenvalue weighted by Gasteiger charge is -2.24. The van der Waals surface area contributed by atoms with E-state index < -0.39 is 12.1 Å². The van der Waals surface area contributed by atoms with Gasteiger partial charge in [-0.2, -0.15) is 0 Å². The largest absolute Gasteiger partial charge is 0.467 e. The number of esters is 1. The van der Waals surface area contributed by atoms with Gasteiger partial charge < -0.3 is 19.7 Å². The molecule has 7 heteroatoms. The summed E-state index contributed by atoms with van der Waals surface area (Å²) < 4.78 is 10.3. The molecule has 0 bridgehead atoms. The van der Waals surface area contributed by atoms with Gasteiger partial charge in [0.15, 0.2) is 0 Å². The van der Waals surface area contributed by atoms with Crippen molar-refractivity contribution in [2.75, 3.05) is 13.7 Å². The van der Waals surface area contributed by atoms with Crippen molar-refractivity contribution in [1.82, 2.24) is 10.2 Å². The first kappa shape index (κ1) is 21.9. The van der Waals surface area contributed by atoms with E-state index in [0.717, 1.165) is 17.5 Å². The molecule has 2 aliphatic rings. The number of methoxy groups -OCH3 is 1. The second kappa shape index (κ2) is 9.85. The Bertz CT molecular complexity index is 949. The SMILES string of the molecule is COC(=O)[C@@H]1CCCN1C(=O)[C@H]1C[C@H]1[C@H](NC(=O)OCc1ccccc1)c1ccccc1. The molecule has 2 amide bonds. The molecule has 1 saturated carbocycles. The monoisotopic (exact) mass is 436 g/mol. The second-order valence-electron chi connectivity index (χ2n) is 8.31. The summed E-state index contributed by atoms with van der Waals surface area (Å²) in [5, 5.41) is 2.96. The first-order valence-corrected chi connectivity index (χ1v) is 11.0. The number of likely N-dealkylation sites (tertiary alicyclic amines) is 1. The fraction of sp³-hybridized carbons (Fsp3) is 0.400. The first-order valence-electron chi connectivity index (χ1n) is 11.0. The van der Waals surface area contributed by atoms with E-state index in [0.29, 0.717) is 19.4 Å². The molecule has 1 aliphatic carbocycles. The van der Waals surface area contributed by atoms with Crippen LogP contribution in [0.4, 0.5) is 4.79 Å². The van der Waals surface area contributed by atoms with Crippen LogP contribution in [0.15, 0.2) is 60.7 Å². The van der Waals surface area contributed by atoms with Crippen LogP contribution in [0, 0.1) is 11.8 Å². The standard InChI is InChI=1S/C25H28N2O5/c1-31-24(29)21-13-8-14-27(21)23(28)20-15-19(20)22(18-11-6-3-7-12-18)26-25(30)32-16-17-9-4-2-5-10-17/h2-7,9-12,19-22H,8,13-16H2,1H3,(H,26,30)/t19-,20+,21+,22-/m1/s1. The minimum atomic E-state index is -0.519. The van der Waals surface area contributed by atoms with Gasteiger partial charge in [0.1, 0.15) is 12.6 Å². The van der Waals surface area contributed by atoms with Gasteiger partial charge in [-0.3, -0.25) is 4.79 Å². The van der Waals surface area contributed by atoms with Gasteiger partial charge in [0.25, 0.3) is 0 Å². The van der Waals surface area contributed by atoms with Gasteiger partial charge in [-0.05, 0) is 36.3 Å². The third kappa shape index (κ3) is 4.93. The molecule has 0 radical (unpaired) electrons. The zero-order valence-electron chi connectivity index (χ0n) is 18.1. The molecule has 7 nitrogen and oxygen atoms in total. The fourth-order valence-corrected chi connectivity index (χ4v) is 4.48. The number of nitrogens with one attached hydrogen (secondary N) is 1. The summed E-state index contributed by atoms with van der Waals surface area (Å²) in [6, 6.07) is 18.2. The van der Waals surface area contributed by atoms with E-state index in [4.69, 9.17) is 9.47 Å². The van der Waals surface area contributed by atoms with E-state index in [9.17, 15) is 14.4 Å². The van der Waals surface area contributed by atoms with Crippen LogP contribution in [-0.2, 0) is 25.7 Å². The highest BCUT2D eigenvalue weighted by atomic mass is 16.5. The molecule has 168 valence electrons. The number of carbonyl (C=O) groups is 3. The third-order valence-corrected chi connectivity index (χ3v) is 6.24. The number of nitrogens with zero attached hydrogens (tertiary/aromatic N) is 1. The molecule has 1 saturated heterocycles. The van der Waals surface area contributed by atoms with Crippen LogP contribution >= 0.6 is 0 Å². The Balaban J connectivity index is 1.42. The van der Waals surface area contributed by atoms with Crippen molar-refractivity contribution >= 4 is 18.0 Å². The molecule has 0 aromatic heterocycles. The van der Waals surface area contributed by atoms with Gasteiger partial charge in [-0.25, -0.2) is 9.59 Å². The van der Waals surface area contributed by atoms with Gasteiger partial charge in [0.05, 0.1) is 13.2 Å². The molecular weight excluding hydrogens is 408 g/mol. The van der Waals surface area contributed by atoms with Crippen molar-refractivity contribution in [2.24, 2.45) is 11.8 Å². The van der Waals surface area contributed by atoms with E-state index in [-0.39, 0.29) is 36.4 Å². The number of ether oxygens (including phenoxy) is 2. The zero-order chi connectivity index (χ0) is 22.5. The summed E-state index contributed by atoms with van der Waals surface area (Å²) >= 11 is 0. The third-order valence-electron chi connectivity index (χ3n) is 6.24. The van der Waals surface area contributed by atoms with Crippen molar-refractivity contribution in [3.05, 3.63) is 71.8 Å². The number of carbonyl (C=O) groups excluding carboxylic acids is 3. The quantitative estimate of drug-likeness (QED) is 0.672. The molecule has 1 heterocycles. The van der Waals surface area contributed by atoms with E-state index in [1.54, 1.807) is 4.90 Å². The number of rotatable bonds is 7. The molecule has 0 unspecified atom stereocenters. The number of hydrogen-bond acceptors (Lipinski definition) is 5. The molecule has 2 aromatic carbocycles. The fourth-order valence-electron chi connectivity index (χ4n) is 4.48. The summed E-state index contributed by atoms with van der Waals surface area (Å²) in [6.45, 7) is 0.736. The highest BCUT2D eigenvalue weighted by molar-refractivity contribution is 5.88. The predicted molar refractivity (Wildman–Crippen MR) is 117 cm³/mol. The number of benzene rings is 2. The Labute approximate surface area is 187 Å². The molecule has 2 aromatic rings. The van der Waals surface area contributed by atoms with Crippen LogP contribution < -0.4 is 5.32 Å². The summed E-state index contributed by atoms with van der Waals surface area (Å²) in [5.41, 5.74) is 1.83. The smallest absolute Gasteiger partial charge is 0.407 e. The van der Waals surface area contributed by atoms with Gasteiger partial charge in [0, 0.05) is 12.5 Å². The summed E-state index contributed by atoms with van der Waals surface area (Å²) in [5.74, 6) is -0.688. The summed E-state index contributed by atoms with van der Waals surface area (Å²) in [6.07, 6.45) is 1.55. The Morgan fingerprint density at radius 2 is 1.75 bits per heavy atom. The molecule has 32 heavy (non-hydrogen) atoms. The highest BCUT2D eigenvalue weighted by Gasteiger charge is 2.52. The van der Waals surface area contributed by atoms with Crippen molar-refractivity contribution in [1.29, 1.82) is 0 Å². The van der Waals surface area contributed by atoms with Gasteiger partial charge in [-0.1, -0.05) is 60.7 Å². The molecule has 0 spiro atoms. The number of hydrogen-bond donors (Lipinski definition) is 1. The van der Waals surface area contributed by atoms with Gasteiger partial charge in [-0.15, -0.1) is 0 Å². The van der Waals surface area contributed by atoms with Gasteiger partial charge >= 0.3 is 12.1 Å². The van der Waals surface area contributed by atoms with Crippen molar-refractivity contribution < 1.29 is 23.9 Å². The number of amides is 2. The zero-order valence-corrected chi connectivity index (χ0v) is 18.1. The van der Waals surface area contributed by atoms with Crippen LogP contribution in [0.2, 0.25) is 0 Å². The maximum absolute atomic E-state index is 13.2. The van der Waals surface area contributed by atoms with Crippen LogP contribution in [0.5, 0.6) is 0 Å². The van der Waals surface area contributed by atoms with Crippen molar-refractivity contribution in [3.8, 4) is 0 Å². The maximum atomic E-state index is 13.2. The first-order chi connectivity index (χ1) is 15.6. The Kier molecular flexibility index (Phi) is 6.73. The van der Waals surface area contributed by atoms with Crippen molar-refractivity contribution in [2.45, 2.75) is 38.0 Å². The van der Waals surface area contributed by atoms with E-state index in [2.05, 4.69) is 5.32 Å². The average molecular weight is 437 g/mol. The highest BCUT2D eigenvalue weighted by Crippen LogP contribution is 2.49. The lowest BCUT2D eigenvalue weighted by molar-refractivity contribution is -0.151. The van der Waals surface area contributed by atoms with Crippen LogP contribution in [-0.4, -0.2) is 42.6 Å². The average Bonchev–Trinajstić information content (AvgIpc) is 3.47. The Hall–Kier alpha value is -3.35. The minimum Gasteiger partial charge on any atom is -0.467 e. The van der Waals surface area contributed by atoms with Crippen LogP contribution in [0.25, 0.3) is 0 Å². The van der Waals surface area contributed by atoms with E-state index in [1.165, 1.54) is 7.11 Å². The number of alkyl carbamates (subject to hydrolysis) is 1. The molecule has 1 aliphatic heterocycles. The van der Waals surface area contributed by atoms with Crippen LogP contribution in [0.1, 0.15) is 36.4 Å². The lowest BCUT2D eigenvalue weighted by atomic mass is 10.0. The molecule has 2 fully saturated rings. The van der Waals surface area contributed by atoms with E-state index in [1.807, 2.05) is 60.7 Å². The molecular formula is C25H28N2O5. The Morgan fingerprint density at radius 1 is 1.06 bits per heavy atom. The van der Waals surface area contributed by atoms with Crippen molar-refractivity contribution in [3.63, 3.8) is 0 Å². The second-order valence-corrected chi connectivity index (χ2v) is 8.31. The molecule has 4 atom stereocenters. The molecule has 1 N–H and O–H groups in total.